The zero-order chi connectivity index (χ0) is 28.1. The van der Waals surface area contributed by atoms with Crippen molar-refractivity contribution in [3.05, 3.63) is 70.5 Å². The summed E-state index contributed by atoms with van der Waals surface area (Å²) >= 11 is 5.87. The fourth-order valence-electron chi connectivity index (χ4n) is 5.30. The molecule has 1 N–H and O–H groups in total. The van der Waals surface area contributed by atoms with Crippen LogP contribution in [0.1, 0.15) is 49.4 Å². The molecule has 39 heavy (non-hydrogen) atoms. The molecule has 0 spiro atoms. The normalized spacial score (nSPS) is 17.7. The minimum absolute atomic E-state index is 0.0538. The van der Waals surface area contributed by atoms with Gasteiger partial charge in [-0.2, -0.15) is 0 Å². The highest BCUT2D eigenvalue weighted by Gasteiger charge is 2.42. The quantitative estimate of drug-likeness (QED) is 0.495. The van der Waals surface area contributed by atoms with E-state index in [0.717, 1.165) is 5.82 Å². The van der Waals surface area contributed by atoms with Gasteiger partial charge >= 0.3 is 5.97 Å². The van der Waals surface area contributed by atoms with E-state index in [-0.39, 0.29) is 23.0 Å². The number of amides is 1. The smallest absolute Gasteiger partial charge is 0.307 e. The molecule has 4 heterocycles. The molecule has 0 radical (unpaired) electrons. The molecule has 2 aliphatic heterocycles. The third-order valence-electron chi connectivity index (χ3n) is 7.27. The zero-order valence-corrected chi connectivity index (χ0v) is 23.0. The van der Waals surface area contributed by atoms with Crippen LogP contribution in [0.5, 0.6) is 0 Å². The average molecular weight is 553 g/mol. The summed E-state index contributed by atoms with van der Waals surface area (Å²) in [6, 6.07) is 8.23. The number of carbonyl (C=O) groups is 2. The van der Waals surface area contributed by atoms with Gasteiger partial charge in [0.05, 0.1) is 28.9 Å². The monoisotopic (exact) mass is 552 g/mol. The molecule has 1 fully saturated rings. The van der Waals surface area contributed by atoms with Gasteiger partial charge in [-0.05, 0) is 43.7 Å². The molecule has 11 heteroatoms. The number of aromatic nitrogens is 3. The second-order valence-corrected chi connectivity index (χ2v) is 11.7. The van der Waals surface area contributed by atoms with Crippen molar-refractivity contribution < 1.29 is 19.1 Å². The molecule has 3 aromatic rings. The summed E-state index contributed by atoms with van der Waals surface area (Å²) < 4.78 is 14.2. The molecule has 0 atom stereocenters. The van der Waals surface area contributed by atoms with Crippen LogP contribution < -0.4 is 9.80 Å². The fraction of sp³-hybridized carbons (Fsp3) is 0.393. The molecule has 0 saturated carbocycles. The molecule has 0 unspecified atom stereocenters. The summed E-state index contributed by atoms with van der Waals surface area (Å²) in [6.07, 6.45) is 3.00. The number of aliphatic carboxylic acids is 1. The molecule has 1 amide bonds. The second-order valence-electron chi connectivity index (χ2n) is 11.3. The van der Waals surface area contributed by atoms with E-state index in [1.807, 2.05) is 43.6 Å². The lowest BCUT2D eigenvalue weighted by atomic mass is 9.92. The van der Waals surface area contributed by atoms with E-state index in [1.54, 1.807) is 18.3 Å². The Kier molecular flexibility index (Phi) is 6.70. The summed E-state index contributed by atoms with van der Waals surface area (Å²) in [7, 11) is 0. The van der Waals surface area contributed by atoms with Crippen LogP contribution >= 0.6 is 11.6 Å². The molecule has 2 aliphatic rings. The van der Waals surface area contributed by atoms with Crippen LogP contribution in [0.3, 0.4) is 0 Å². The summed E-state index contributed by atoms with van der Waals surface area (Å²) in [5.41, 5.74) is 1.27. The Morgan fingerprint density at radius 3 is 2.46 bits per heavy atom. The van der Waals surface area contributed by atoms with E-state index < -0.39 is 22.7 Å². The molecule has 204 valence electrons. The number of piperazine rings is 1. The number of hydrogen-bond donors (Lipinski definition) is 1. The first kappa shape index (κ1) is 26.8. The van der Waals surface area contributed by atoms with E-state index in [9.17, 15) is 14.0 Å². The number of nitrogens with zero attached hydrogens (tertiary/aromatic N) is 6. The summed E-state index contributed by atoms with van der Waals surface area (Å²) in [6.45, 7) is 10.2. The summed E-state index contributed by atoms with van der Waals surface area (Å²) in [5.74, 6) is -0.274. The van der Waals surface area contributed by atoms with Crippen LogP contribution in [0.25, 0.3) is 0 Å². The SMILES string of the molecule is CC1(C)CN(c2ccc(Cl)c(F)c2)c2ncc(C(=O)N3CCN(c4ccc(CC(=O)O)cn4)CC3(C)C)nc21. The number of carboxylic acids is 1. The average Bonchev–Trinajstić information content (AvgIpc) is 3.15. The van der Waals surface area contributed by atoms with Gasteiger partial charge in [0.25, 0.3) is 5.91 Å². The third kappa shape index (κ3) is 5.13. The minimum atomic E-state index is -0.901. The molecule has 0 aliphatic carbocycles. The van der Waals surface area contributed by atoms with Gasteiger partial charge < -0.3 is 19.8 Å². The largest absolute Gasteiger partial charge is 0.481 e. The second kappa shape index (κ2) is 9.75. The van der Waals surface area contributed by atoms with Crippen LogP contribution in [0.15, 0.2) is 42.7 Å². The highest BCUT2D eigenvalue weighted by atomic mass is 35.5. The molecular weight excluding hydrogens is 523 g/mol. The Labute approximate surface area is 231 Å². The van der Waals surface area contributed by atoms with Crippen molar-refractivity contribution in [2.75, 3.05) is 36.0 Å². The number of rotatable bonds is 5. The molecular formula is C28H30ClFN6O3. The third-order valence-corrected chi connectivity index (χ3v) is 7.58. The number of carbonyl (C=O) groups excluding carboxylic acids is 1. The predicted octanol–water partition coefficient (Wildman–Crippen LogP) is 4.46. The highest BCUT2D eigenvalue weighted by molar-refractivity contribution is 6.30. The van der Waals surface area contributed by atoms with E-state index in [0.29, 0.717) is 48.9 Å². The minimum Gasteiger partial charge on any atom is -0.481 e. The lowest BCUT2D eigenvalue weighted by Crippen LogP contribution is -2.61. The van der Waals surface area contributed by atoms with Crippen LogP contribution in [0, 0.1) is 5.82 Å². The van der Waals surface area contributed by atoms with Crippen molar-refractivity contribution in [1.82, 2.24) is 19.9 Å². The van der Waals surface area contributed by atoms with Gasteiger partial charge in [0.1, 0.15) is 17.3 Å². The molecule has 1 aromatic carbocycles. The maximum Gasteiger partial charge on any atom is 0.307 e. The zero-order valence-electron chi connectivity index (χ0n) is 22.3. The van der Waals surface area contributed by atoms with Gasteiger partial charge in [0.2, 0.25) is 0 Å². The van der Waals surface area contributed by atoms with Crippen LogP contribution in [-0.2, 0) is 16.6 Å². The van der Waals surface area contributed by atoms with E-state index in [4.69, 9.17) is 21.7 Å². The Bertz CT molecular complexity index is 1450. The maximum absolute atomic E-state index is 14.2. The number of halogens is 2. The molecule has 1 saturated heterocycles. The number of fused-ring (bicyclic) bond motifs is 1. The van der Waals surface area contributed by atoms with Crippen molar-refractivity contribution in [2.45, 2.75) is 45.1 Å². The van der Waals surface area contributed by atoms with Crippen molar-refractivity contribution in [2.24, 2.45) is 0 Å². The van der Waals surface area contributed by atoms with E-state index >= 15 is 0 Å². The highest BCUT2D eigenvalue weighted by Crippen LogP contribution is 2.42. The summed E-state index contributed by atoms with van der Waals surface area (Å²) in [4.78, 5) is 44.3. The number of anilines is 3. The maximum atomic E-state index is 14.2. The number of hydrogen-bond acceptors (Lipinski definition) is 7. The number of carboxylic acid groups (broad SMARTS) is 1. The van der Waals surface area contributed by atoms with Crippen molar-refractivity contribution >= 4 is 40.8 Å². The molecule has 5 rings (SSSR count). The predicted molar refractivity (Wildman–Crippen MR) is 146 cm³/mol. The van der Waals surface area contributed by atoms with E-state index in [1.165, 1.54) is 18.3 Å². The summed E-state index contributed by atoms with van der Waals surface area (Å²) in [5, 5.41) is 9.04. The first-order chi connectivity index (χ1) is 18.4. The van der Waals surface area contributed by atoms with Gasteiger partial charge in [-0.25, -0.2) is 19.3 Å². The molecule has 9 nitrogen and oxygen atoms in total. The van der Waals surface area contributed by atoms with Gasteiger partial charge in [-0.15, -0.1) is 0 Å². The Hall–Kier alpha value is -3.79. The van der Waals surface area contributed by atoms with Crippen molar-refractivity contribution in [3.63, 3.8) is 0 Å². The number of pyridine rings is 1. The standard InChI is InChI=1S/C28H30ClFN6O3/c1-27(2)15-35(18-6-7-19(29)20(30)12-18)25-24(27)33-21(14-32-25)26(39)36-10-9-34(16-28(36,3)4)22-8-5-17(13-31-22)11-23(37)38/h5-8,12-14H,9-11,15-16H2,1-4H3,(H,37,38). The van der Waals surface area contributed by atoms with Crippen LogP contribution in [0.4, 0.5) is 21.7 Å². The van der Waals surface area contributed by atoms with Gasteiger partial charge in [-0.1, -0.05) is 31.5 Å². The van der Waals surface area contributed by atoms with Crippen LogP contribution in [-0.4, -0.2) is 68.6 Å². The van der Waals surface area contributed by atoms with Gasteiger partial charge in [0.15, 0.2) is 5.82 Å². The number of benzene rings is 1. The van der Waals surface area contributed by atoms with Crippen LogP contribution in [0.2, 0.25) is 5.02 Å². The fourth-order valence-corrected chi connectivity index (χ4v) is 5.41. The molecule has 2 aromatic heterocycles. The Morgan fingerprint density at radius 1 is 1.05 bits per heavy atom. The van der Waals surface area contributed by atoms with Crippen molar-refractivity contribution in [3.8, 4) is 0 Å². The van der Waals surface area contributed by atoms with Crippen molar-refractivity contribution in [1.29, 1.82) is 0 Å². The van der Waals surface area contributed by atoms with E-state index in [2.05, 4.69) is 14.9 Å². The topological polar surface area (TPSA) is 103 Å². The molecule has 0 bridgehead atoms. The lowest BCUT2D eigenvalue weighted by molar-refractivity contribution is -0.136. The first-order valence-corrected chi connectivity index (χ1v) is 13.1. The Balaban J connectivity index is 1.36. The Morgan fingerprint density at radius 2 is 1.82 bits per heavy atom. The first-order valence-electron chi connectivity index (χ1n) is 12.7. The van der Waals surface area contributed by atoms with Gasteiger partial charge in [-0.3, -0.25) is 9.59 Å². The lowest BCUT2D eigenvalue weighted by Gasteiger charge is -2.47. The van der Waals surface area contributed by atoms with Gasteiger partial charge in [0, 0.05) is 43.5 Å².